The SMILES string of the molecule is COc1cc(/C=C2/NC(=O)N(c3ccc(Cl)cc3)C2=O)cc(Br)c1OCc1ccc(C(=O)O)cc1. The molecule has 1 aliphatic heterocycles. The lowest BCUT2D eigenvalue weighted by molar-refractivity contribution is -0.113. The van der Waals surface area contributed by atoms with Crippen LogP contribution in [0.5, 0.6) is 11.5 Å². The fraction of sp³-hybridized carbons (Fsp3) is 0.0800. The zero-order valence-corrected chi connectivity index (χ0v) is 20.6. The summed E-state index contributed by atoms with van der Waals surface area (Å²) in [5.41, 5.74) is 2.06. The van der Waals surface area contributed by atoms with Gasteiger partial charge in [0.1, 0.15) is 12.3 Å². The molecule has 0 bridgehead atoms. The van der Waals surface area contributed by atoms with Gasteiger partial charge in [0.25, 0.3) is 5.91 Å². The molecule has 0 radical (unpaired) electrons. The predicted octanol–water partition coefficient (Wildman–Crippen LogP) is 5.49. The van der Waals surface area contributed by atoms with Gasteiger partial charge in [0.2, 0.25) is 0 Å². The van der Waals surface area contributed by atoms with Crippen LogP contribution in [0.2, 0.25) is 5.02 Å². The van der Waals surface area contributed by atoms with Gasteiger partial charge >= 0.3 is 12.0 Å². The van der Waals surface area contributed by atoms with Gasteiger partial charge in [-0.2, -0.15) is 0 Å². The van der Waals surface area contributed by atoms with Crippen molar-refractivity contribution in [3.63, 3.8) is 0 Å². The van der Waals surface area contributed by atoms with E-state index in [1.54, 1.807) is 48.5 Å². The molecule has 0 aromatic heterocycles. The van der Waals surface area contributed by atoms with Gasteiger partial charge in [-0.1, -0.05) is 23.7 Å². The first-order valence-electron chi connectivity index (χ1n) is 10.2. The maximum Gasteiger partial charge on any atom is 0.335 e. The van der Waals surface area contributed by atoms with Gasteiger partial charge in [0.15, 0.2) is 11.5 Å². The van der Waals surface area contributed by atoms with Crippen LogP contribution in [-0.4, -0.2) is 30.1 Å². The van der Waals surface area contributed by atoms with E-state index in [0.717, 1.165) is 10.5 Å². The maximum absolute atomic E-state index is 12.9. The molecule has 0 saturated carbocycles. The van der Waals surface area contributed by atoms with E-state index in [1.165, 1.54) is 25.3 Å². The van der Waals surface area contributed by atoms with Gasteiger partial charge in [0.05, 0.1) is 22.8 Å². The van der Waals surface area contributed by atoms with E-state index >= 15 is 0 Å². The molecule has 4 rings (SSSR count). The lowest BCUT2D eigenvalue weighted by Crippen LogP contribution is -2.30. The second kappa shape index (κ2) is 10.2. The molecule has 8 nitrogen and oxygen atoms in total. The fourth-order valence-corrected chi connectivity index (χ4v) is 4.09. The minimum atomic E-state index is -1.00. The van der Waals surface area contributed by atoms with Crippen molar-refractivity contribution in [3.05, 3.63) is 92.5 Å². The van der Waals surface area contributed by atoms with Crippen LogP contribution in [0.3, 0.4) is 0 Å². The number of urea groups is 1. The zero-order valence-electron chi connectivity index (χ0n) is 18.2. The second-order valence-corrected chi connectivity index (χ2v) is 8.72. The van der Waals surface area contributed by atoms with Gasteiger partial charge in [-0.05, 0) is 81.7 Å². The molecule has 0 atom stereocenters. The molecule has 3 aromatic rings. The summed E-state index contributed by atoms with van der Waals surface area (Å²) in [6, 6.07) is 15.5. The Morgan fingerprint density at radius 3 is 2.43 bits per heavy atom. The van der Waals surface area contributed by atoms with Crippen LogP contribution in [0.15, 0.2) is 70.8 Å². The van der Waals surface area contributed by atoms with Crippen LogP contribution in [-0.2, 0) is 11.4 Å². The topological polar surface area (TPSA) is 105 Å². The van der Waals surface area contributed by atoms with Crippen molar-refractivity contribution >= 4 is 57.2 Å². The van der Waals surface area contributed by atoms with Crippen molar-refractivity contribution in [3.8, 4) is 11.5 Å². The minimum absolute atomic E-state index is 0.103. The van der Waals surface area contributed by atoms with E-state index in [-0.39, 0.29) is 17.9 Å². The number of nitrogens with one attached hydrogen (secondary N) is 1. The number of methoxy groups -OCH3 is 1. The van der Waals surface area contributed by atoms with Crippen molar-refractivity contribution < 1.29 is 29.0 Å². The zero-order chi connectivity index (χ0) is 25.1. The van der Waals surface area contributed by atoms with Gasteiger partial charge in [-0.3, -0.25) is 4.79 Å². The number of carbonyl (C=O) groups excluding carboxylic acids is 2. The fourth-order valence-electron chi connectivity index (χ4n) is 3.39. The molecule has 178 valence electrons. The molecule has 0 spiro atoms. The van der Waals surface area contributed by atoms with Gasteiger partial charge in [-0.25, -0.2) is 14.5 Å². The molecule has 1 saturated heterocycles. The third kappa shape index (κ3) is 5.31. The minimum Gasteiger partial charge on any atom is -0.493 e. The Balaban J connectivity index is 1.54. The molecule has 0 unspecified atom stereocenters. The first-order chi connectivity index (χ1) is 16.8. The number of hydrogen-bond donors (Lipinski definition) is 2. The lowest BCUT2D eigenvalue weighted by Gasteiger charge is -2.14. The Hall–Kier alpha value is -3.82. The predicted molar refractivity (Wildman–Crippen MR) is 134 cm³/mol. The highest BCUT2D eigenvalue weighted by Crippen LogP contribution is 2.38. The summed E-state index contributed by atoms with van der Waals surface area (Å²) in [7, 11) is 1.48. The Bertz CT molecular complexity index is 1340. The number of amides is 3. The van der Waals surface area contributed by atoms with E-state index in [2.05, 4.69) is 21.2 Å². The standard InChI is InChI=1S/C25H18BrClN2O6/c1-34-21-12-15(10-19(26)22(21)35-13-14-2-4-16(5-3-14)24(31)32)11-20-23(30)29(25(33)28-20)18-8-6-17(27)7-9-18/h2-12H,13H2,1H3,(H,28,33)(H,31,32)/b20-11+. The van der Waals surface area contributed by atoms with E-state index < -0.39 is 17.9 Å². The first kappa shape index (κ1) is 24.3. The summed E-state index contributed by atoms with van der Waals surface area (Å²) >= 11 is 9.36. The third-order valence-corrected chi connectivity index (χ3v) is 5.95. The Morgan fingerprint density at radius 1 is 1.11 bits per heavy atom. The number of hydrogen-bond acceptors (Lipinski definition) is 5. The average Bonchev–Trinajstić information content (AvgIpc) is 3.11. The van der Waals surface area contributed by atoms with Crippen LogP contribution in [0.4, 0.5) is 10.5 Å². The summed E-state index contributed by atoms with van der Waals surface area (Å²) in [5.74, 6) is -0.668. The molecule has 3 aromatic carbocycles. The van der Waals surface area contributed by atoms with Gasteiger partial charge < -0.3 is 19.9 Å². The molecule has 1 heterocycles. The van der Waals surface area contributed by atoms with Crippen molar-refractivity contribution in [2.45, 2.75) is 6.61 Å². The van der Waals surface area contributed by atoms with Crippen molar-refractivity contribution in [1.82, 2.24) is 5.32 Å². The molecule has 1 aliphatic rings. The molecule has 10 heteroatoms. The molecule has 35 heavy (non-hydrogen) atoms. The van der Waals surface area contributed by atoms with Crippen molar-refractivity contribution in [1.29, 1.82) is 0 Å². The van der Waals surface area contributed by atoms with Crippen molar-refractivity contribution in [2.24, 2.45) is 0 Å². The van der Waals surface area contributed by atoms with Crippen molar-refractivity contribution in [2.75, 3.05) is 12.0 Å². The molecular formula is C25H18BrClN2O6. The highest BCUT2D eigenvalue weighted by atomic mass is 79.9. The lowest BCUT2D eigenvalue weighted by atomic mass is 10.1. The normalized spacial score (nSPS) is 14.3. The number of carboxylic acid groups (broad SMARTS) is 1. The average molecular weight is 558 g/mol. The number of halogens is 2. The van der Waals surface area contributed by atoms with Crippen LogP contribution in [0.1, 0.15) is 21.5 Å². The number of carbonyl (C=O) groups is 3. The highest BCUT2D eigenvalue weighted by Gasteiger charge is 2.34. The van der Waals surface area contributed by atoms with E-state index in [4.69, 9.17) is 26.2 Å². The largest absolute Gasteiger partial charge is 0.493 e. The van der Waals surface area contributed by atoms with Gasteiger partial charge in [0, 0.05) is 5.02 Å². The van der Waals surface area contributed by atoms with Gasteiger partial charge in [-0.15, -0.1) is 0 Å². The monoisotopic (exact) mass is 556 g/mol. The molecule has 1 fully saturated rings. The summed E-state index contributed by atoms with van der Waals surface area (Å²) in [6.07, 6.45) is 1.54. The van der Waals surface area contributed by atoms with Crippen LogP contribution in [0, 0.1) is 0 Å². The van der Waals surface area contributed by atoms with E-state index in [1.807, 2.05) is 0 Å². The van der Waals surface area contributed by atoms with Crippen LogP contribution < -0.4 is 19.7 Å². The Labute approximate surface area is 213 Å². The molecule has 2 N–H and O–H groups in total. The number of aromatic carboxylic acids is 1. The maximum atomic E-state index is 12.9. The number of carboxylic acids is 1. The summed E-state index contributed by atoms with van der Waals surface area (Å²) in [6.45, 7) is 0.180. The number of imide groups is 1. The number of anilines is 1. The van der Waals surface area contributed by atoms with Crippen LogP contribution >= 0.6 is 27.5 Å². The Kier molecular flexibility index (Phi) is 7.09. The number of rotatable bonds is 7. The van der Waals surface area contributed by atoms with E-state index in [0.29, 0.717) is 32.2 Å². The number of benzene rings is 3. The molecule has 0 aliphatic carbocycles. The summed E-state index contributed by atoms with van der Waals surface area (Å²) in [4.78, 5) is 37.3. The number of ether oxygens (including phenoxy) is 2. The second-order valence-electron chi connectivity index (χ2n) is 7.43. The molecular weight excluding hydrogens is 540 g/mol. The third-order valence-electron chi connectivity index (χ3n) is 5.11. The number of nitrogens with zero attached hydrogens (tertiary/aromatic N) is 1. The van der Waals surface area contributed by atoms with E-state index in [9.17, 15) is 14.4 Å². The molecule has 3 amide bonds. The smallest absolute Gasteiger partial charge is 0.335 e. The quantitative estimate of drug-likeness (QED) is 0.294. The van der Waals surface area contributed by atoms with Crippen LogP contribution in [0.25, 0.3) is 6.08 Å². The Morgan fingerprint density at radius 2 is 1.80 bits per heavy atom. The highest BCUT2D eigenvalue weighted by molar-refractivity contribution is 9.10. The first-order valence-corrected chi connectivity index (χ1v) is 11.4. The summed E-state index contributed by atoms with van der Waals surface area (Å²) in [5, 5.41) is 12.1. The summed E-state index contributed by atoms with van der Waals surface area (Å²) < 4.78 is 11.9.